The van der Waals surface area contributed by atoms with Crippen molar-refractivity contribution in [3.8, 4) is 5.75 Å². The van der Waals surface area contributed by atoms with E-state index in [1.165, 1.54) is 29.6 Å². The zero-order valence-corrected chi connectivity index (χ0v) is 18.5. The first-order valence-corrected chi connectivity index (χ1v) is 12.6. The third kappa shape index (κ3) is 5.83. The van der Waals surface area contributed by atoms with Crippen LogP contribution < -0.4 is 9.46 Å². The SMILES string of the molecule is CCCS(=O)(=O)Nc1ccc(S(=O)(=O)N2CCC[C@@H](C(=O)OCC)C2)c(OC)c1. The molecule has 0 unspecified atom stereocenters. The van der Waals surface area contributed by atoms with Crippen molar-refractivity contribution in [1.29, 1.82) is 0 Å². The lowest BCUT2D eigenvalue weighted by Crippen LogP contribution is -2.42. The van der Waals surface area contributed by atoms with Crippen molar-refractivity contribution < 1.29 is 31.1 Å². The number of benzene rings is 1. The average Bonchev–Trinajstić information content (AvgIpc) is 2.67. The Bertz CT molecular complexity index is 930. The molecule has 1 atom stereocenters. The Morgan fingerprint density at radius 1 is 1.24 bits per heavy atom. The Morgan fingerprint density at radius 3 is 2.59 bits per heavy atom. The smallest absolute Gasteiger partial charge is 0.310 e. The number of ether oxygens (including phenoxy) is 2. The average molecular weight is 449 g/mol. The number of nitrogens with zero attached hydrogens (tertiary/aromatic N) is 1. The summed E-state index contributed by atoms with van der Waals surface area (Å²) in [6, 6.07) is 4.04. The summed E-state index contributed by atoms with van der Waals surface area (Å²) in [5.74, 6) is -0.928. The van der Waals surface area contributed by atoms with E-state index in [9.17, 15) is 21.6 Å². The van der Waals surface area contributed by atoms with Gasteiger partial charge in [0.05, 0.1) is 31.1 Å². The highest BCUT2D eigenvalue weighted by molar-refractivity contribution is 7.92. The van der Waals surface area contributed by atoms with Crippen molar-refractivity contribution in [3.63, 3.8) is 0 Å². The minimum atomic E-state index is -3.93. The molecule has 1 N–H and O–H groups in total. The number of sulfonamides is 2. The van der Waals surface area contributed by atoms with Crippen LogP contribution >= 0.6 is 0 Å². The molecule has 0 saturated carbocycles. The van der Waals surface area contributed by atoms with E-state index in [0.717, 1.165) is 0 Å². The number of carbonyl (C=O) groups excluding carboxylic acids is 1. The molecule has 1 aliphatic heterocycles. The van der Waals surface area contributed by atoms with Gasteiger partial charge in [0, 0.05) is 19.2 Å². The number of nitrogens with one attached hydrogen (secondary N) is 1. The van der Waals surface area contributed by atoms with Crippen molar-refractivity contribution in [2.75, 3.05) is 37.3 Å². The maximum atomic E-state index is 13.1. The van der Waals surface area contributed by atoms with E-state index < -0.39 is 31.9 Å². The normalized spacial score (nSPS) is 18.2. The molecular weight excluding hydrogens is 420 g/mol. The molecule has 0 aromatic heterocycles. The van der Waals surface area contributed by atoms with Crippen LogP contribution in [-0.4, -0.2) is 59.7 Å². The number of carbonyl (C=O) groups is 1. The molecule has 29 heavy (non-hydrogen) atoms. The molecule has 1 saturated heterocycles. The third-order valence-electron chi connectivity index (χ3n) is 4.53. The second kappa shape index (κ2) is 9.77. The fourth-order valence-corrected chi connectivity index (χ4v) is 5.98. The van der Waals surface area contributed by atoms with Crippen molar-refractivity contribution in [3.05, 3.63) is 18.2 Å². The number of esters is 1. The zero-order valence-electron chi connectivity index (χ0n) is 16.9. The molecule has 1 heterocycles. The monoisotopic (exact) mass is 448 g/mol. The molecule has 1 aliphatic rings. The Labute approximate surface area is 172 Å². The van der Waals surface area contributed by atoms with Gasteiger partial charge in [0.2, 0.25) is 20.0 Å². The van der Waals surface area contributed by atoms with E-state index in [4.69, 9.17) is 9.47 Å². The molecule has 0 bridgehead atoms. The van der Waals surface area contributed by atoms with Gasteiger partial charge in [-0.1, -0.05) is 6.92 Å². The number of methoxy groups -OCH3 is 1. The summed E-state index contributed by atoms with van der Waals surface area (Å²) >= 11 is 0. The first-order chi connectivity index (χ1) is 13.6. The van der Waals surface area contributed by atoms with Crippen LogP contribution in [0.15, 0.2) is 23.1 Å². The van der Waals surface area contributed by atoms with Gasteiger partial charge in [0.15, 0.2) is 0 Å². The van der Waals surface area contributed by atoms with Gasteiger partial charge in [-0.05, 0) is 38.3 Å². The Morgan fingerprint density at radius 2 is 1.97 bits per heavy atom. The Balaban J connectivity index is 2.28. The summed E-state index contributed by atoms with van der Waals surface area (Å²) in [6.45, 7) is 4.01. The number of rotatable bonds is 9. The molecule has 2 rings (SSSR count). The molecule has 11 heteroatoms. The fraction of sp³-hybridized carbons (Fsp3) is 0.611. The summed E-state index contributed by atoms with van der Waals surface area (Å²) in [5.41, 5.74) is 0.220. The first-order valence-electron chi connectivity index (χ1n) is 9.50. The van der Waals surface area contributed by atoms with Crippen molar-refractivity contribution in [2.45, 2.75) is 38.0 Å². The largest absolute Gasteiger partial charge is 0.495 e. The minimum absolute atomic E-state index is 0.0277. The molecule has 0 spiro atoms. The van der Waals surface area contributed by atoms with Gasteiger partial charge >= 0.3 is 5.97 Å². The highest BCUT2D eigenvalue weighted by Gasteiger charge is 2.35. The van der Waals surface area contributed by atoms with Crippen LogP contribution in [-0.2, 0) is 29.6 Å². The molecule has 9 nitrogen and oxygen atoms in total. The van der Waals surface area contributed by atoms with Gasteiger partial charge in [-0.2, -0.15) is 4.31 Å². The second-order valence-electron chi connectivity index (χ2n) is 6.74. The topological polar surface area (TPSA) is 119 Å². The maximum Gasteiger partial charge on any atom is 0.310 e. The molecule has 1 aromatic carbocycles. The summed E-state index contributed by atoms with van der Waals surface area (Å²) in [4.78, 5) is 11.9. The van der Waals surface area contributed by atoms with E-state index in [1.807, 2.05) is 0 Å². The number of hydrogen-bond donors (Lipinski definition) is 1. The zero-order chi connectivity index (χ0) is 21.7. The van der Waals surface area contributed by atoms with E-state index in [1.54, 1.807) is 13.8 Å². The molecule has 0 amide bonds. The highest BCUT2D eigenvalue weighted by atomic mass is 32.2. The van der Waals surface area contributed by atoms with Crippen molar-refractivity contribution in [2.24, 2.45) is 5.92 Å². The van der Waals surface area contributed by atoms with Crippen LogP contribution in [0.25, 0.3) is 0 Å². The molecular formula is C18H28N2O7S2. The summed E-state index contributed by atoms with van der Waals surface area (Å²) in [7, 11) is -6.14. The molecule has 1 fully saturated rings. The van der Waals surface area contributed by atoms with Gasteiger partial charge in [0.25, 0.3) is 0 Å². The van der Waals surface area contributed by atoms with Crippen LogP contribution in [0, 0.1) is 5.92 Å². The van der Waals surface area contributed by atoms with Gasteiger partial charge < -0.3 is 9.47 Å². The number of anilines is 1. The highest BCUT2D eigenvalue weighted by Crippen LogP contribution is 2.32. The lowest BCUT2D eigenvalue weighted by atomic mass is 10.0. The molecule has 0 radical (unpaired) electrons. The molecule has 164 valence electrons. The predicted octanol–water partition coefficient (Wildman–Crippen LogP) is 1.81. The lowest BCUT2D eigenvalue weighted by molar-refractivity contribution is -0.149. The summed E-state index contributed by atoms with van der Waals surface area (Å²) in [5, 5.41) is 0. The summed E-state index contributed by atoms with van der Waals surface area (Å²) < 4.78 is 64.1. The predicted molar refractivity (Wildman–Crippen MR) is 109 cm³/mol. The van der Waals surface area contributed by atoms with Crippen LogP contribution in [0.5, 0.6) is 5.75 Å². The van der Waals surface area contributed by atoms with Gasteiger partial charge in [-0.3, -0.25) is 9.52 Å². The second-order valence-corrected chi connectivity index (χ2v) is 10.5. The van der Waals surface area contributed by atoms with Gasteiger partial charge in [-0.25, -0.2) is 16.8 Å². The fourth-order valence-electron chi connectivity index (χ4n) is 3.20. The first kappa shape index (κ1) is 23.4. The summed E-state index contributed by atoms with van der Waals surface area (Å²) in [6.07, 6.45) is 1.57. The number of hydrogen-bond acceptors (Lipinski definition) is 7. The lowest BCUT2D eigenvalue weighted by Gasteiger charge is -2.31. The van der Waals surface area contributed by atoms with E-state index in [-0.39, 0.29) is 41.8 Å². The third-order valence-corrected chi connectivity index (χ3v) is 7.93. The molecule has 0 aliphatic carbocycles. The molecule has 1 aromatic rings. The number of piperidine rings is 1. The Hall–Kier alpha value is -1.85. The van der Waals surface area contributed by atoms with Crippen molar-refractivity contribution >= 4 is 31.7 Å². The van der Waals surface area contributed by atoms with E-state index >= 15 is 0 Å². The van der Waals surface area contributed by atoms with E-state index in [0.29, 0.717) is 19.3 Å². The van der Waals surface area contributed by atoms with Crippen LogP contribution in [0.2, 0.25) is 0 Å². The van der Waals surface area contributed by atoms with E-state index in [2.05, 4.69) is 4.72 Å². The standard InChI is InChI=1S/C18H28N2O7S2/c1-4-11-28(22,23)19-15-8-9-17(16(12-15)26-3)29(24,25)20-10-6-7-14(13-20)18(21)27-5-2/h8-9,12,14,19H,4-7,10-11,13H2,1-3H3/t14-/m1/s1. The Kier molecular flexibility index (Phi) is 7.89. The quantitative estimate of drug-likeness (QED) is 0.572. The van der Waals surface area contributed by atoms with Gasteiger partial charge in [0.1, 0.15) is 10.6 Å². The van der Waals surface area contributed by atoms with Crippen LogP contribution in [0.4, 0.5) is 5.69 Å². The van der Waals surface area contributed by atoms with Crippen LogP contribution in [0.1, 0.15) is 33.1 Å². The van der Waals surface area contributed by atoms with Crippen LogP contribution in [0.3, 0.4) is 0 Å². The minimum Gasteiger partial charge on any atom is -0.495 e. The maximum absolute atomic E-state index is 13.1. The van der Waals surface area contributed by atoms with Gasteiger partial charge in [-0.15, -0.1) is 0 Å². The van der Waals surface area contributed by atoms with Crippen molar-refractivity contribution in [1.82, 2.24) is 4.31 Å².